The van der Waals surface area contributed by atoms with Crippen LogP contribution in [0.3, 0.4) is 0 Å². The Balaban J connectivity index is 1.33. The summed E-state index contributed by atoms with van der Waals surface area (Å²) in [5.74, 6) is 1.10. The maximum atomic E-state index is 13.7. The van der Waals surface area contributed by atoms with Crippen molar-refractivity contribution >= 4 is 11.0 Å². The van der Waals surface area contributed by atoms with Crippen LogP contribution in [0, 0.1) is 0 Å². The Hall–Kier alpha value is -4.55. The molecule has 6 rings (SSSR count). The maximum Gasteiger partial charge on any atom is 0.438 e. The van der Waals surface area contributed by atoms with E-state index in [9.17, 15) is 13.2 Å². The lowest BCUT2D eigenvalue weighted by atomic mass is 10.1. The van der Waals surface area contributed by atoms with Crippen LogP contribution in [0.4, 0.5) is 13.2 Å². The smallest absolute Gasteiger partial charge is 0.438 e. The van der Waals surface area contributed by atoms with Gasteiger partial charge in [0.15, 0.2) is 11.5 Å². The number of alkyl halides is 3. The van der Waals surface area contributed by atoms with Crippen molar-refractivity contribution < 1.29 is 22.6 Å². The van der Waals surface area contributed by atoms with Gasteiger partial charge in [0, 0.05) is 23.7 Å². The molecule has 4 heterocycles. The molecule has 0 radical (unpaired) electrons. The van der Waals surface area contributed by atoms with Gasteiger partial charge in [0.05, 0.1) is 38.0 Å². The summed E-state index contributed by atoms with van der Waals surface area (Å²) < 4.78 is 54.8. The predicted molar refractivity (Wildman–Crippen MR) is 144 cm³/mol. The first-order valence-electron chi connectivity index (χ1n) is 13.1. The first-order chi connectivity index (χ1) is 19.7. The number of hydrogen-bond acceptors (Lipinski definition) is 8. The van der Waals surface area contributed by atoms with Gasteiger partial charge < -0.3 is 9.47 Å². The lowest BCUT2D eigenvalue weighted by molar-refractivity contribution is -0.142. The molecule has 0 saturated heterocycles. The second-order valence-corrected chi connectivity index (χ2v) is 10.1. The van der Waals surface area contributed by atoms with Crippen molar-refractivity contribution in [2.24, 2.45) is 0 Å². The summed E-state index contributed by atoms with van der Waals surface area (Å²) in [6.07, 6.45) is 2.35. The third-order valence-electron chi connectivity index (χ3n) is 6.99. The molecule has 1 aliphatic rings. The van der Waals surface area contributed by atoms with Gasteiger partial charge >= 0.3 is 6.18 Å². The van der Waals surface area contributed by atoms with Crippen molar-refractivity contribution in [2.75, 3.05) is 14.2 Å². The van der Waals surface area contributed by atoms with Crippen LogP contribution < -0.4 is 9.47 Å². The highest BCUT2D eigenvalue weighted by Crippen LogP contribution is 2.45. The molecule has 13 heteroatoms. The van der Waals surface area contributed by atoms with Crippen LogP contribution >= 0.6 is 0 Å². The lowest BCUT2D eigenvalue weighted by Gasteiger charge is -2.15. The fourth-order valence-corrected chi connectivity index (χ4v) is 4.93. The molecule has 0 spiro atoms. The van der Waals surface area contributed by atoms with Gasteiger partial charge in [0.2, 0.25) is 17.5 Å². The molecule has 0 bridgehead atoms. The summed E-state index contributed by atoms with van der Waals surface area (Å²) in [6, 6.07) is 6.86. The third kappa shape index (κ3) is 4.85. The molecule has 0 amide bonds. The van der Waals surface area contributed by atoms with E-state index >= 15 is 0 Å². The second kappa shape index (κ2) is 10.1. The van der Waals surface area contributed by atoms with Crippen molar-refractivity contribution in [2.45, 2.75) is 51.4 Å². The zero-order valence-corrected chi connectivity index (χ0v) is 22.8. The average Bonchev–Trinajstić information content (AvgIpc) is 3.61. The zero-order chi connectivity index (χ0) is 28.9. The van der Waals surface area contributed by atoms with Crippen LogP contribution in [0.25, 0.3) is 33.8 Å². The molecule has 5 aromatic rings. The fraction of sp³-hybridized carbons (Fsp3) is 0.357. The summed E-state index contributed by atoms with van der Waals surface area (Å²) in [5, 5.41) is 5.27. The topological polar surface area (TPSA) is 106 Å². The van der Waals surface area contributed by atoms with Gasteiger partial charge in [-0.25, -0.2) is 29.6 Å². The molecule has 1 fully saturated rings. The molecule has 41 heavy (non-hydrogen) atoms. The van der Waals surface area contributed by atoms with E-state index in [2.05, 4.69) is 25.0 Å². The number of ether oxygens (including phenoxy) is 2. The molecule has 0 unspecified atom stereocenters. The molecule has 4 aromatic heterocycles. The van der Waals surface area contributed by atoms with E-state index in [1.807, 2.05) is 12.1 Å². The largest absolute Gasteiger partial charge is 0.481 e. The molecular weight excluding hydrogens is 537 g/mol. The minimum absolute atomic E-state index is 0.183. The van der Waals surface area contributed by atoms with Crippen LogP contribution in [-0.2, 0) is 12.7 Å². The number of nitrogens with zero attached hydrogens (tertiary/aromatic N) is 8. The van der Waals surface area contributed by atoms with Crippen LogP contribution in [0.2, 0.25) is 0 Å². The Morgan fingerprint density at radius 2 is 1.73 bits per heavy atom. The number of halogens is 3. The van der Waals surface area contributed by atoms with E-state index in [-0.39, 0.29) is 17.7 Å². The number of rotatable bonds is 8. The van der Waals surface area contributed by atoms with Crippen molar-refractivity contribution in [3.63, 3.8) is 0 Å². The molecule has 1 aromatic carbocycles. The normalized spacial score (nSPS) is 13.8. The second-order valence-electron chi connectivity index (χ2n) is 10.1. The van der Waals surface area contributed by atoms with E-state index in [0.717, 1.165) is 29.5 Å². The van der Waals surface area contributed by atoms with Crippen molar-refractivity contribution in [1.29, 1.82) is 0 Å². The number of methoxy groups -OCH3 is 2. The van der Waals surface area contributed by atoms with Gasteiger partial charge in [0.25, 0.3) is 0 Å². The number of hydrogen-bond donors (Lipinski definition) is 0. The number of imidazole rings is 1. The summed E-state index contributed by atoms with van der Waals surface area (Å²) in [5.41, 5.74) is 2.56. The summed E-state index contributed by atoms with van der Waals surface area (Å²) in [6.45, 7) is 3.95. The zero-order valence-electron chi connectivity index (χ0n) is 22.8. The van der Waals surface area contributed by atoms with Crippen LogP contribution in [-0.4, -0.2) is 53.5 Å². The first-order valence-corrected chi connectivity index (χ1v) is 13.1. The third-order valence-corrected chi connectivity index (χ3v) is 6.99. The number of aromatic nitrogens is 8. The Kier molecular flexibility index (Phi) is 6.59. The number of fused-ring (bicyclic) bond motifs is 1. The van der Waals surface area contributed by atoms with E-state index < -0.39 is 11.9 Å². The van der Waals surface area contributed by atoms with Gasteiger partial charge in [-0.15, -0.1) is 0 Å². The molecule has 0 atom stereocenters. The van der Waals surface area contributed by atoms with Crippen LogP contribution in [0.1, 0.15) is 55.6 Å². The summed E-state index contributed by atoms with van der Waals surface area (Å²) in [7, 11) is 2.78. The van der Waals surface area contributed by atoms with Crippen LogP contribution in [0.15, 0.2) is 43.0 Å². The predicted octanol–water partition coefficient (Wildman–Crippen LogP) is 5.69. The van der Waals surface area contributed by atoms with Gasteiger partial charge in [-0.05, 0) is 32.3 Å². The van der Waals surface area contributed by atoms with E-state index in [1.54, 1.807) is 50.2 Å². The lowest BCUT2D eigenvalue weighted by Crippen LogP contribution is -2.10. The highest BCUT2D eigenvalue weighted by atomic mass is 19.4. The molecule has 1 aliphatic carbocycles. The SMILES string of the molecule is COc1ncnc(C2CC2)c1-c1ncc2cnn(Cc3ccc(-c4nc(C(F)(F)F)c(OC)n4C(C)C)cc3)c2n1. The van der Waals surface area contributed by atoms with Crippen molar-refractivity contribution in [3.05, 3.63) is 59.9 Å². The molecule has 1 saturated carbocycles. The molecule has 0 aliphatic heterocycles. The minimum Gasteiger partial charge on any atom is -0.481 e. The highest BCUT2D eigenvalue weighted by Gasteiger charge is 2.40. The summed E-state index contributed by atoms with van der Waals surface area (Å²) >= 11 is 0. The fourth-order valence-electron chi connectivity index (χ4n) is 4.93. The van der Waals surface area contributed by atoms with Crippen LogP contribution in [0.5, 0.6) is 11.8 Å². The van der Waals surface area contributed by atoms with Gasteiger partial charge in [-0.1, -0.05) is 24.3 Å². The quantitative estimate of drug-likeness (QED) is 0.237. The molecule has 212 valence electrons. The average molecular weight is 565 g/mol. The van der Waals surface area contributed by atoms with Crippen molar-refractivity contribution in [1.82, 2.24) is 39.3 Å². The monoisotopic (exact) mass is 564 g/mol. The Bertz CT molecular complexity index is 1720. The summed E-state index contributed by atoms with van der Waals surface area (Å²) in [4.78, 5) is 22.1. The van der Waals surface area contributed by atoms with E-state index in [4.69, 9.17) is 14.5 Å². The maximum absolute atomic E-state index is 13.7. The van der Waals surface area contributed by atoms with Gasteiger partial charge in [-0.3, -0.25) is 4.57 Å². The number of benzene rings is 1. The molecular formula is C28H27F3N8O2. The standard InChI is InChI=1S/C28H27F3N8O2/c1-15(2)39-25(36-22(27(39)41-4)28(29,30)31)18-7-5-16(6-8-18)13-38-24-19(12-35-38)11-32-23(37-24)20-21(17-9-10-17)33-14-34-26(20)40-3/h5-8,11-12,14-15,17H,9-10,13H2,1-4H3. The highest BCUT2D eigenvalue weighted by molar-refractivity contribution is 5.77. The van der Waals surface area contributed by atoms with Gasteiger partial charge in [-0.2, -0.15) is 18.3 Å². The van der Waals surface area contributed by atoms with E-state index in [0.29, 0.717) is 40.9 Å². The minimum atomic E-state index is -4.64. The van der Waals surface area contributed by atoms with Crippen molar-refractivity contribution in [3.8, 4) is 34.5 Å². The Labute approximate surface area is 233 Å². The van der Waals surface area contributed by atoms with E-state index in [1.165, 1.54) is 18.0 Å². The molecule has 0 N–H and O–H groups in total. The Morgan fingerprint density at radius 1 is 0.976 bits per heavy atom. The van der Waals surface area contributed by atoms with Gasteiger partial charge in [0.1, 0.15) is 17.7 Å². The molecule has 10 nitrogen and oxygen atoms in total. The first kappa shape index (κ1) is 26.7. The Morgan fingerprint density at radius 3 is 2.37 bits per heavy atom.